The Balaban J connectivity index is 3.74. The first-order chi connectivity index (χ1) is 7.38. The second-order valence-corrected chi connectivity index (χ2v) is 3.98. The van der Waals surface area contributed by atoms with Crippen LogP contribution in [0.25, 0.3) is 10.4 Å². The lowest BCUT2D eigenvalue weighted by molar-refractivity contribution is 0.0692. The Labute approximate surface area is 89.5 Å². The Kier molecular flexibility index (Phi) is 3.14. The molecule has 0 aliphatic carbocycles. The maximum atomic E-state index is 11.0. The highest BCUT2D eigenvalue weighted by Gasteiger charge is 2.23. The van der Waals surface area contributed by atoms with Crippen molar-refractivity contribution in [3.05, 3.63) is 34.2 Å². The number of carboxylic acids is 1. The van der Waals surface area contributed by atoms with Crippen molar-refractivity contribution in [1.29, 1.82) is 0 Å². The van der Waals surface area contributed by atoms with Gasteiger partial charge in [0.15, 0.2) is 0 Å². The Bertz CT molecular complexity index is 568. The number of nitrogens with zero attached hydrogens (tertiary/aromatic N) is 3. The van der Waals surface area contributed by atoms with E-state index in [0.29, 0.717) is 0 Å². The van der Waals surface area contributed by atoms with Gasteiger partial charge in [0.1, 0.15) is 4.90 Å². The zero-order valence-corrected chi connectivity index (χ0v) is 8.42. The number of aromatic carboxylic acids is 1. The fourth-order valence-electron chi connectivity index (χ4n) is 1.09. The molecule has 2 N–H and O–H groups in total. The number of carbonyl (C=O) groups is 1. The molecule has 0 heterocycles. The van der Waals surface area contributed by atoms with E-state index in [2.05, 4.69) is 10.0 Å². The maximum absolute atomic E-state index is 11.0. The molecule has 1 aromatic rings. The smallest absolute Gasteiger partial charge is 0.337 e. The third kappa shape index (κ3) is 2.28. The number of hydrogen-bond acceptors (Lipinski definition) is 4. The minimum atomic E-state index is -4.78. The molecule has 9 heteroatoms. The molecular weight excluding hydrogens is 238 g/mol. The number of azide groups is 1. The van der Waals surface area contributed by atoms with Crippen molar-refractivity contribution in [2.24, 2.45) is 5.11 Å². The monoisotopic (exact) mass is 243 g/mol. The Hall–Kier alpha value is -2.09. The lowest BCUT2D eigenvalue weighted by atomic mass is 10.2. The Morgan fingerprint density at radius 2 is 2.06 bits per heavy atom. The molecule has 0 atom stereocenters. The summed E-state index contributed by atoms with van der Waals surface area (Å²) in [5.41, 5.74) is 7.05. The third-order valence-corrected chi connectivity index (χ3v) is 2.58. The number of hydrogen-bond donors (Lipinski definition) is 2. The zero-order valence-electron chi connectivity index (χ0n) is 7.60. The van der Waals surface area contributed by atoms with Gasteiger partial charge in [-0.3, -0.25) is 4.55 Å². The van der Waals surface area contributed by atoms with E-state index in [1.54, 1.807) is 0 Å². The Morgan fingerprint density at radius 3 is 2.50 bits per heavy atom. The van der Waals surface area contributed by atoms with E-state index in [1.807, 2.05) is 0 Å². The molecule has 0 radical (unpaired) electrons. The highest BCUT2D eigenvalue weighted by Crippen LogP contribution is 2.27. The molecule has 0 bridgehead atoms. The largest absolute Gasteiger partial charge is 0.478 e. The Morgan fingerprint density at radius 1 is 1.44 bits per heavy atom. The second kappa shape index (κ2) is 4.19. The fourth-order valence-corrected chi connectivity index (χ4v) is 1.90. The first kappa shape index (κ1) is 12.0. The van der Waals surface area contributed by atoms with E-state index < -0.39 is 32.2 Å². The molecule has 0 aliphatic heterocycles. The molecule has 1 rings (SSSR count). The van der Waals surface area contributed by atoms with Gasteiger partial charge < -0.3 is 5.11 Å². The number of carboxylic acid groups (broad SMARTS) is 1. The van der Waals surface area contributed by atoms with Crippen molar-refractivity contribution in [1.82, 2.24) is 0 Å². The summed E-state index contributed by atoms with van der Waals surface area (Å²) < 4.78 is 30.8. The zero-order chi connectivity index (χ0) is 12.3. The van der Waals surface area contributed by atoms with Crippen LogP contribution >= 0.6 is 0 Å². The van der Waals surface area contributed by atoms with Gasteiger partial charge in [-0.05, 0) is 11.6 Å². The second-order valence-electron chi connectivity index (χ2n) is 2.62. The first-order valence-electron chi connectivity index (χ1n) is 3.77. The average Bonchev–Trinajstić information content (AvgIpc) is 2.16. The van der Waals surface area contributed by atoms with Crippen molar-refractivity contribution in [3.8, 4) is 0 Å². The van der Waals surface area contributed by atoms with Gasteiger partial charge in [0.2, 0.25) is 0 Å². The molecule has 0 aliphatic rings. The van der Waals surface area contributed by atoms with Crippen LogP contribution in [0.2, 0.25) is 0 Å². The van der Waals surface area contributed by atoms with E-state index in [-0.39, 0.29) is 0 Å². The minimum Gasteiger partial charge on any atom is -0.478 e. The van der Waals surface area contributed by atoms with Crippen LogP contribution in [0.4, 0.5) is 5.69 Å². The molecule has 0 unspecified atom stereocenters. The highest BCUT2D eigenvalue weighted by atomic mass is 32.2. The topological polar surface area (TPSA) is 140 Å². The third-order valence-electron chi connectivity index (χ3n) is 1.64. The maximum Gasteiger partial charge on any atom is 0.337 e. The van der Waals surface area contributed by atoms with Crippen LogP contribution in [0.3, 0.4) is 0 Å². The van der Waals surface area contributed by atoms with Crippen LogP contribution in [-0.2, 0) is 10.1 Å². The summed E-state index contributed by atoms with van der Waals surface area (Å²) in [4.78, 5) is 12.1. The molecule has 1 aromatic carbocycles. The summed E-state index contributed by atoms with van der Waals surface area (Å²) in [6.07, 6.45) is 0. The van der Waals surface area contributed by atoms with E-state index >= 15 is 0 Å². The molecule has 8 nitrogen and oxygen atoms in total. The van der Waals surface area contributed by atoms with Crippen molar-refractivity contribution in [3.63, 3.8) is 0 Å². The predicted molar refractivity (Wildman–Crippen MR) is 52.0 cm³/mol. The molecule has 0 spiro atoms. The van der Waals surface area contributed by atoms with E-state index in [4.69, 9.17) is 15.2 Å². The standard InChI is InChI=1S/C7H5N3O5S/c8-10-9-5-3-1-2-4(7(11)12)6(5)16(13,14)15/h1-3H,(H,11,12)(H,13,14,15). The SMILES string of the molecule is [N-]=[N+]=Nc1cccc(C(=O)O)c1S(=O)(=O)O. The van der Waals surface area contributed by atoms with Crippen LogP contribution in [0, 0.1) is 0 Å². The van der Waals surface area contributed by atoms with Gasteiger partial charge in [-0.1, -0.05) is 17.2 Å². The normalized spacial score (nSPS) is 10.6. The van der Waals surface area contributed by atoms with Crippen LogP contribution in [0.15, 0.2) is 28.2 Å². The van der Waals surface area contributed by atoms with Crippen molar-refractivity contribution >= 4 is 21.8 Å². The molecule has 0 amide bonds. The van der Waals surface area contributed by atoms with E-state index in [0.717, 1.165) is 12.1 Å². The molecular formula is C7H5N3O5S. The molecule has 0 saturated carbocycles. The summed E-state index contributed by atoms with van der Waals surface area (Å²) >= 11 is 0. The summed E-state index contributed by atoms with van der Waals surface area (Å²) in [5, 5.41) is 11.7. The van der Waals surface area contributed by atoms with Gasteiger partial charge in [0.05, 0.1) is 11.3 Å². The van der Waals surface area contributed by atoms with Crippen LogP contribution in [0.1, 0.15) is 10.4 Å². The van der Waals surface area contributed by atoms with E-state index in [9.17, 15) is 13.2 Å². The van der Waals surface area contributed by atoms with Gasteiger partial charge in [0, 0.05) is 4.91 Å². The lowest BCUT2D eigenvalue weighted by Gasteiger charge is -2.05. The number of benzene rings is 1. The van der Waals surface area contributed by atoms with Crippen LogP contribution in [0.5, 0.6) is 0 Å². The molecule has 0 aromatic heterocycles. The highest BCUT2D eigenvalue weighted by molar-refractivity contribution is 7.86. The molecule has 0 saturated heterocycles. The quantitative estimate of drug-likeness (QED) is 0.358. The molecule has 16 heavy (non-hydrogen) atoms. The minimum absolute atomic E-state index is 0.468. The van der Waals surface area contributed by atoms with Crippen LogP contribution in [-0.4, -0.2) is 24.0 Å². The fraction of sp³-hybridized carbons (Fsp3) is 0. The van der Waals surface area contributed by atoms with Gasteiger partial charge in [0.25, 0.3) is 10.1 Å². The van der Waals surface area contributed by atoms with Crippen LogP contribution < -0.4 is 0 Å². The lowest BCUT2D eigenvalue weighted by Crippen LogP contribution is -2.08. The number of rotatable bonds is 3. The molecule has 84 valence electrons. The van der Waals surface area contributed by atoms with Gasteiger partial charge in [-0.2, -0.15) is 8.42 Å². The van der Waals surface area contributed by atoms with Gasteiger partial charge in [-0.25, -0.2) is 4.79 Å². The summed E-state index contributed by atoms with van der Waals surface area (Å²) in [7, 11) is -4.78. The van der Waals surface area contributed by atoms with Crippen molar-refractivity contribution in [2.75, 3.05) is 0 Å². The van der Waals surface area contributed by atoms with Gasteiger partial charge in [-0.15, -0.1) is 0 Å². The predicted octanol–water partition coefficient (Wildman–Crippen LogP) is 1.57. The summed E-state index contributed by atoms with van der Waals surface area (Å²) in [5.74, 6) is -1.55. The summed E-state index contributed by atoms with van der Waals surface area (Å²) in [6, 6.07) is 3.25. The summed E-state index contributed by atoms with van der Waals surface area (Å²) in [6.45, 7) is 0. The van der Waals surface area contributed by atoms with Crippen molar-refractivity contribution < 1.29 is 22.9 Å². The average molecular weight is 243 g/mol. The van der Waals surface area contributed by atoms with Crippen molar-refractivity contribution in [2.45, 2.75) is 4.90 Å². The van der Waals surface area contributed by atoms with E-state index in [1.165, 1.54) is 6.07 Å². The first-order valence-corrected chi connectivity index (χ1v) is 5.21. The molecule has 0 fully saturated rings. The van der Waals surface area contributed by atoms with Gasteiger partial charge >= 0.3 is 5.97 Å².